The first-order valence-electron chi connectivity index (χ1n) is 5.67. The molecule has 1 aliphatic carbocycles. The van der Waals surface area contributed by atoms with Crippen molar-refractivity contribution in [2.45, 2.75) is 32.1 Å². The molecule has 0 nitrogen and oxygen atoms in total. The van der Waals surface area contributed by atoms with E-state index in [0.717, 1.165) is 24.5 Å². The molecule has 0 amide bonds. The summed E-state index contributed by atoms with van der Waals surface area (Å²) in [6.45, 7) is 4.23. The molecule has 0 saturated heterocycles. The summed E-state index contributed by atoms with van der Waals surface area (Å²) in [5.74, 6) is -1.09. The van der Waals surface area contributed by atoms with Crippen LogP contribution in [0.1, 0.15) is 32.3 Å². The van der Waals surface area contributed by atoms with Crippen molar-refractivity contribution in [2.24, 2.45) is 5.41 Å². The van der Waals surface area contributed by atoms with Gasteiger partial charge in [0, 0.05) is 6.07 Å². The molecule has 0 spiro atoms. The fraction of sp³-hybridized carbons (Fsp3) is 0.429. The average Bonchev–Trinajstić information content (AvgIpc) is 2.12. The van der Waals surface area contributed by atoms with E-state index in [1.807, 2.05) is 6.08 Å². The Morgan fingerprint density at radius 2 is 1.76 bits per heavy atom. The highest BCUT2D eigenvalue weighted by molar-refractivity contribution is 6.22. The fourth-order valence-corrected chi connectivity index (χ4v) is 2.96. The van der Waals surface area contributed by atoms with Gasteiger partial charge in [0.05, 0.1) is 5.38 Å². The zero-order chi connectivity index (χ0) is 12.6. The summed E-state index contributed by atoms with van der Waals surface area (Å²) in [4.78, 5) is 0. The van der Waals surface area contributed by atoms with Crippen LogP contribution in [0.2, 0.25) is 0 Å². The summed E-state index contributed by atoms with van der Waals surface area (Å²) >= 11 is 6.16. The van der Waals surface area contributed by atoms with Crippen LogP contribution < -0.4 is 0 Å². The molecule has 1 atom stereocenters. The van der Waals surface area contributed by atoms with Crippen LogP contribution in [0.5, 0.6) is 0 Å². The highest BCUT2D eigenvalue weighted by Gasteiger charge is 2.28. The van der Waals surface area contributed by atoms with Crippen LogP contribution >= 0.6 is 11.6 Å². The molecule has 17 heavy (non-hydrogen) atoms. The summed E-state index contributed by atoms with van der Waals surface area (Å²) in [7, 11) is 0. The van der Waals surface area contributed by atoms with Gasteiger partial charge in [-0.05, 0) is 41.5 Å². The Hall–Kier alpha value is -0.890. The molecule has 0 saturated carbocycles. The molecular weight excluding hydrogens is 242 g/mol. The van der Waals surface area contributed by atoms with Crippen molar-refractivity contribution < 1.29 is 8.78 Å². The first-order chi connectivity index (χ1) is 7.85. The Kier molecular flexibility index (Phi) is 3.26. The molecule has 0 N–H and O–H groups in total. The Balaban J connectivity index is 2.39. The van der Waals surface area contributed by atoms with Crippen LogP contribution in [-0.2, 0) is 0 Å². The van der Waals surface area contributed by atoms with E-state index in [1.54, 1.807) is 0 Å². The number of benzene rings is 1. The summed E-state index contributed by atoms with van der Waals surface area (Å²) in [5.41, 5.74) is 1.60. The van der Waals surface area contributed by atoms with Crippen molar-refractivity contribution in [1.82, 2.24) is 0 Å². The van der Waals surface area contributed by atoms with E-state index in [2.05, 4.69) is 13.8 Å². The van der Waals surface area contributed by atoms with Crippen LogP contribution in [-0.4, -0.2) is 5.38 Å². The van der Waals surface area contributed by atoms with Gasteiger partial charge in [-0.3, -0.25) is 0 Å². The standard InChI is InChI=1S/C14H15ClF2/c1-14(2)7-10(3-11(15)8-14)9-4-12(16)6-13(17)5-9/h3-6,11H,7-8H2,1-2H3. The lowest BCUT2D eigenvalue weighted by atomic mass is 9.75. The Morgan fingerprint density at radius 1 is 1.18 bits per heavy atom. The van der Waals surface area contributed by atoms with E-state index in [1.165, 1.54) is 12.1 Å². The maximum atomic E-state index is 13.2. The van der Waals surface area contributed by atoms with Gasteiger partial charge >= 0.3 is 0 Å². The second-order valence-corrected chi connectivity index (χ2v) is 5.97. The largest absolute Gasteiger partial charge is 0.207 e. The Morgan fingerprint density at radius 3 is 2.29 bits per heavy atom. The molecule has 1 aromatic carbocycles. The van der Waals surface area contributed by atoms with Gasteiger partial charge in [0.25, 0.3) is 0 Å². The second-order valence-electron chi connectivity index (χ2n) is 5.41. The van der Waals surface area contributed by atoms with Crippen molar-refractivity contribution >= 4 is 17.2 Å². The van der Waals surface area contributed by atoms with Gasteiger partial charge < -0.3 is 0 Å². The zero-order valence-electron chi connectivity index (χ0n) is 9.93. The van der Waals surface area contributed by atoms with Gasteiger partial charge in [-0.25, -0.2) is 8.78 Å². The molecule has 92 valence electrons. The summed E-state index contributed by atoms with van der Waals surface area (Å²) in [6.07, 6.45) is 3.58. The molecule has 1 aromatic rings. The van der Waals surface area contributed by atoms with Crippen LogP contribution in [0.15, 0.2) is 24.3 Å². The van der Waals surface area contributed by atoms with Gasteiger partial charge in [-0.2, -0.15) is 0 Å². The lowest BCUT2D eigenvalue weighted by Gasteiger charge is -2.32. The first-order valence-corrected chi connectivity index (χ1v) is 6.11. The van der Waals surface area contributed by atoms with Crippen molar-refractivity contribution in [3.63, 3.8) is 0 Å². The van der Waals surface area contributed by atoms with E-state index in [-0.39, 0.29) is 10.8 Å². The minimum Gasteiger partial charge on any atom is -0.207 e. The number of hydrogen-bond acceptors (Lipinski definition) is 0. The van der Waals surface area contributed by atoms with Gasteiger partial charge in [-0.15, -0.1) is 11.6 Å². The SMILES string of the molecule is CC1(C)CC(c2cc(F)cc(F)c2)=CC(Cl)C1. The van der Waals surface area contributed by atoms with Crippen molar-refractivity contribution in [3.8, 4) is 0 Å². The zero-order valence-corrected chi connectivity index (χ0v) is 10.7. The van der Waals surface area contributed by atoms with E-state index < -0.39 is 11.6 Å². The molecule has 0 fully saturated rings. The summed E-state index contributed by atoms with van der Waals surface area (Å²) in [5, 5.41) is -0.0694. The topological polar surface area (TPSA) is 0 Å². The lowest BCUT2D eigenvalue weighted by Crippen LogP contribution is -2.21. The fourth-order valence-electron chi connectivity index (χ4n) is 2.39. The molecule has 3 heteroatoms. The maximum absolute atomic E-state index is 13.2. The summed E-state index contributed by atoms with van der Waals surface area (Å²) in [6, 6.07) is 3.61. The second kappa shape index (κ2) is 4.41. The van der Waals surface area contributed by atoms with Crippen LogP contribution in [0.3, 0.4) is 0 Å². The number of allylic oxidation sites excluding steroid dienone is 2. The van der Waals surface area contributed by atoms with Crippen LogP contribution in [0.4, 0.5) is 8.78 Å². The molecule has 0 bridgehead atoms. The van der Waals surface area contributed by atoms with E-state index in [0.29, 0.717) is 5.56 Å². The highest BCUT2D eigenvalue weighted by atomic mass is 35.5. The highest BCUT2D eigenvalue weighted by Crippen LogP contribution is 2.41. The third-order valence-electron chi connectivity index (χ3n) is 3.03. The maximum Gasteiger partial charge on any atom is 0.126 e. The Labute approximate surface area is 105 Å². The van der Waals surface area contributed by atoms with Gasteiger partial charge in [0.1, 0.15) is 11.6 Å². The molecule has 0 aliphatic heterocycles. The van der Waals surface area contributed by atoms with E-state index in [9.17, 15) is 8.78 Å². The Bertz CT molecular complexity index is 443. The van der Waals surface area contributed by atoms with Gasteiger partial charge in [0.15, 0.2) is 0 Å². The first kappa shape index (κ1) is 12.6. The van der Waals surface area contributed by atoms with Crippen molar-refractivity contribution in [1.29, 1.82) is 0 Å². The number of rotatable bonds is 1. The van der Waals surface area contributed by atoms with Crippen molar-refractivity contribution in [3.05, 3.63) is 41.5 Å². The molecule has 0 heterocycles. The van der Waals surface area contributed by atoms with E-state index in [4.69, 9.17) is 11.6 Å². The summed E-state index contributed by atoms with van der Waals surface area (Å²) < 4.78 is 26.3. The number of halogens is 3. The smallest absolute Gasteiger partial charge is 0.126 e. The minimum absolute atomic E-state index is 0.0687. The lowest BCUT2D eigenvalue weighted by molar-refractivity contribution is 0.340. The molecule has 1 aliphatic rings. The van der Waals surface area contributed by atoms with E-state index >= 15 is 0 Å². The normalized spacial score (nSPS) is 23.4. The molecule has 1 unspecified atom stereocenters. The predicted molar refractivity (Wildman–Crippen MR) is 67.0 cm³/mol. The monoisotopic (exact) mass is 256 g/mol. The minimum atomic E-state index is -0.546. The number of hydrogen-bond donors (Lipinski definition) is 0. The predicted octanol–water partition coefficient (Wildman–Crippen LogP) is 4.78. The van der Waals surface area contributed by atoms with Crippen molar-refractivity contribution in [2.75, 3.05) is 0 Å². The quantitative estimate of drug-likeness (QED) is 0.635. The average molecular weight is 257 g/mol. The molecular formula is C14H15ClF2. The molecule has 0 radical (unpaired) electrons. The van der Waals surface area contributed by atoms with Crippen LogP contribution in [0.25, 0.3) is 5.57 Å². The molecule has 2 rings (SSSR count). The third-order valence-corrected chi connectivity index (χ3v) is 3.31. The molecule has 0 aromatic heterocycles. The number of alkyl halides is 1. The van der Waals surface area contributed by atoms with Gasteiger partial charge in [-0.1, -0.05) is 19.9 Å². The third kappa shape index (κ3) is 3.06. The van der Waals surface area contributed by atoms with Crippen LogP contribution in [0, 0.1) is 17.0 Å². The van der Waals surface area contributed by atoms with Gasteiger partial charge in [0.2, 0.25) is 0 Å².